The first kappa shape index (κ1) is 20.7. The van der Waals surface area contributed by atoms with Gasteiger partial charge in [0.2, 0.25) is 10.0 Å². The van der Waals surface area contributed by atoms with Crippen LogP contribution in [0.2, 0.25) is 0 Å². The summed E-state index contributed by atoms with van der Waals surface area (Å²) in [6.07, 6.45) is 3.98. The molecule has 1 N–H and O–H groups in total. The van der Waals surface area contributed by atoms with E-state index in [0.717, 1.165) is 67.7 Å². The zero-order valence-electron chi connectivity index (χ0n) is 18.0. The number of sulfonamides is 1. The largest absolute Gasteiger partial charge is 0.342 e. The Morgan fingerprint density at radius 1 is 1.03 bits per heavy atom. The van der Waals surface area contributed by atoms with Gasteiger partial charge in [-0.1, -0.05) is 24.3 Å². The number of nitrogens with zero attached hydrogens (tertiary/aromatic N) is 3. The van der Waals surface area contributed by atoms with Crippen LogP contribution in [0, 0.1) is 6.92 Å². The minimum atomic E-state index is -3.44. The lowest BCUT2D eigenvalue weighted by atomic mass is 9.96. The predicted octanol–water partition coefficient (Wildman–Crippen LogP) is 3.90. The van der Waals surface area contributed by atoms with Gasteiger partial charge in [-0.2, -0.15) is 4.31 Å². The van der Waals surface area contributed by atoms with Crippen molar-refractivity contribution in [3.8, 4) is 0 Å². The van der Waals surface area contributed by atoms with E-state index in [-0.39, 0.29) is 6.04 Å². The molecule has 0 unspecified atom stereocenters. The summed E-state index contributed by atoms with van der Waals surface area (Å²) < 4.78 is 28.3. The van der Waals surface area contributed by atoms with E-state index in [4.69, 9.17) is 4.98 Å². The van der Waals surface area contributed by atoms with Crippen LogP contribution in [-0.2, 0) is 10.0 Å². The smallest absolute Gasteiger partial charge is 0.243 e. The summed E-state index contributed by atoms with van der Waals surface area (Å²) >= 11 is 0. The molecule has 164 valence electrons. The normalized spacial score (nSPS) is 21.8. The van der Waals surface area contributed by atoms with Gasteiger partial charge in [0.15, 0.2) is 0 Å². The Morgan fingerprint density at radius 2 is 1.84 bits per heavy atom. The zero-order chi connectivity index (χ0) is 21.4. The summed E-state index contributed by atoms with van der Waals surface area (Å²) in [5.41, 5.74) is 3.11. The molecule has 0 saturated carbocycles. The number of piperidine rings is 1. The maximum absolute atomic E-state index is 13.3. The number of aryl methyl sites for hydroxylation is 1. The summed E-state index contributed by atoms with van der Waals surface area (Å²) in [7, 11) is -3.44. The molecule has 31 heavy (non-hydrogen) atoms. The Morgan fingerprint density at radius 3 is 2.61 bits per heavy atom. The highest BCUT2D eigenvalue weighted by atomic mass is 32.2. The molecule has 3 aromatic rings. The molecule has 2 aliphatic rings. The third-order valence-corrected chi connectivity index (χ3v) is 8.72. The molecule has 0 amide bonds. The van der Waals surface area contributed by atoms with E-state index in [1.54, 1.807) is 16.4 Å². The number of aromatic nitrogens is 2. The second-order valence-electron chi connectivity index (χ2n) is 8.94. The maximum atomic E-state index is 13.3. The van der Waals surface area contributed by atoms with Crippen LogP contribution in [0.5, 0.6) is 0 Å². The van der Waals surface area contributed by atoms with Gasteiger partial charge in [0, 0.05) is 25.0 Å². The van der Waals surface area contributed by atoms with E-state index >= 15 is 0 Å². The van der Waals surface area contributed by atoms with Gasteiger partial charge < -0.3 is 9.88 Å². The Kier molecular flexibility index (Phi) is 5.58. The van der Waals surface area contributed by atoms with Gasteiger partial charge in [-0.15, -0.1) is 0 Å². The molecule has 0 spiro atoms. The number of para-hydroxylation sites is 2. The molecule has 0 aliphatic carbocycles. The summed E-state index contributed by atoms with van der Waals surface area (Å²) in [5.74, 6) is 1.53. The van der Waals surface area contributed by atoms with Crippen LogP contribution < -0.4 is 0 Å². The second-order valence-corrected chi connectivity index (χ2v) is 10.8. The number of H-pyrrole nitrogens is 1. The monoisotopic (exact) mass is 438 g/mol. The fourth-order valence-electron chi connectivity index (χ4n) is 5.07. The summed E-state index contributed by atoms with van der Waals surface area (Å²) in [6, 6.07) is 15.5. The molecule has 0 radical (unpaired) electrons. The SMILES string of the molecule is Cc1cccc(S(=O)(=O)N2CCC[C@@H]2CN2CCC(c3nc4ccccc4[nH]3)CC2)c1. The highest BCUT2D eigenvalue weighted by Gasteiger charge is 2.37. The number of fused-ring (bicyclic) bond motifs is 1. The lowest BCUT2D eigenvalue weighted by Crippen LogP contribution is -2.45. The molecule has 2 saturated heterocycles. The molecule has 7 heteroatoms. The number of hydrogen-bond acceptors (Lipinski definition) is 4. The quantitative estimate of drug-likeness (QED) is 0.656. The van der Waals surface area contributed by atoms with Crippen molar-refractivity contribution in [2.24, 2.45) is 0 Å². The standard InChI is InChI=1S/C24H30N4O2S/c1-18-6-4-8-21(16-18)31(29,30)28-13-5-7-20(28)17-27-14-11-19(12-15-27)24-25-22-9-2-3-10-23(22)26-24/h2-4,6,8-10,16,19-20H,5,7,11-15,17H2,1H3,(H,25,26)/t20-/m1/s1. The van der Waals surface area contributed by atoms with Crippen molar-refractivity contribution in [1.82, 2.24) is 19.2 Å². The fourth-order valence-corrected chi connectivity index (χ4v) is 6.86. The van der Waals surface area contributed by atoms with Crippen molar-refractivity contribution in [3.63, 3.8) is 0 Å². The summed E-state index contributed by atoms with van der Waals surface area (Å²) in [4.78, 5) is 11.1. The molecular weight excluding hydrogens is 408 g/mol. The first-order chi connectivity index (χ1) is 15.0. The first-order valence-electron chi connectivity index (χ1n) is 11.3. The number of benzene rings is 2. The van der Waals surface area contributed by atoms with Gasteiger partial charge in [-0.25, -0.2) is 13.4 Å². The lowest BCUT2D eigenvalue weighted by Gasteiger charge is -2.35. The molecule has 5 rings (SSSR count). The van der Waals surface area contributed by atoms with Crippen molar-refractivity contribution in [2.45, 2.75) is 49.5 Å². The van der Waals surface area contributed by atoms with E-state index in [1.807, 2.05) is 37.3 Å². The summed E-state index contributed by atoms with van der Waals surface area (Å²) in [6.45, 7) is 5.34. The number of rotatable bonds is 5. The topological polar surface area (TPSA) is 69.3 Å². The average Bonchev–Trinajstić information content (AvgIpc) is 3.41. The van der Waals surface area contributed by atoms with Gasteiger partial charge in [-0.3, -0.25) is 0 Å². The van der Waals surface area contributed by atoms with Crippen LogP contribution >= 0.6 is 0 Å². The fraction of sp³-hybridized carbons (Fsp3) is 0.458. The van der Waals surface area contributed by atoms with Crippen molar-refractivity contribution < 1.29 is 8.42 Å². The van der Waals surface area contributed by atoms with E-state index < -0.39 is 10.0 Å². The average molecular weight is 439 g/mol. The highest BCUT2D eigenvalue weighted by Crippen LogP contribution is 2.31. The molecule has 1 atom stereocenters. The molecule has 0 bridgehead atoms. The van der Waals surface area contributed by atoms with Gasteiger partial charge in [0.1, 0.15) is 5.82 Å². The first-order valence-corrected chi connectivity index (χ1v) is 12.7. The lowest BCUT2D eigenvalue weighted by molar-refractivity contribution is 0.176. The molecule has 2 aromatic carbocycles. The van der Waals surface area contributed by atoms with Crippen molar-refractivity contribution in [3.05, 3.63) is 59.9 Å². The zero-order valence-corrected chi connectivity index (χ0v) is 18.8. The van der Waals surface area contributed by atoms with Crippen LogP contribution in [0.25, 0.3) is 11.0 Å². The number of likely N-dealkylation sites (tertiary alicyclic amines) is 1. The molecule has 6 nitrogen and oxygen atoms in total. The molecule has 2 aliphatic heterocycles. The highest BCUT2D eigenvalue weighted by molar-refractivity contribution is 7.89. The maximum Gasteiger partial charge on any atom is 0.243 e. The molecular formula is C24H30N4O2S. The van der Waals surface area contributed by atoms with E-state index in [0.29, 0.717) is 17.4 Å². The molecule has 1 aromatic heterocycles. The van der Waals surface area contributed by atoms with Crippen LogP contribution in [0.1, 0.15) is 43.0 Å². The Hall–Kier alpha value is -2.22. The number of aromatic amines is 1. The molecule has 2 fully saturated rings. The Labute approximate surface area is 184 Å². The third-order valence-electron chi connectivity index (χ3n) is 6.77. The van der Waals surface area contributed by atoms with Gasteiger partial charge >= 0.3 is 0 Å². The van der Waals surface area contributed by atoms with E-state index in [9.17, 15) is 8.42 Å². The minimum Gasteiger partial charge on any atom is -0.342 e. The van der Waals surface area contributed by atoms with E-state index in [2.05, 4.69) is 16.0 Å². The van der Waals surface area contributed by atoms with Crippen molar-refractivity contribution in [2.75, 3.05) is 26.2 Å². The third kappa shape index (κ3) is 4.14. The van der Waals surface area contributed by atoms with Gasteiger partial charge in [0.05, 0.1) is 15.9 Å². The van der Waals surface area contributed by atoms with Gasteiger partial charge in [0.25, 0.3) is 0 Å². The van der Waals surface area contributed by atoms with E-state index in [1.165, 1.54) is 0 Å². The Bertz CT molecular complexity index is 1130. The number of nitrogens with one attached hydrogen (secondary N) is 1. The molecule has 3 heterocycles. The van der Waals surface area contributed by atoms with Crippen LogP contribution in [0.3, 0.4) is 0 Å². The minimum absolute atomic E-state index is 0.0632. The Balaban J connectivity index is 1.23. The van der Waals surface area contributed by atoms with Crippen LogP contribution in [-0.4, -0.2) is 59.8 Å². The predicted molar refractivity (Wildman–Crippen MR) is 123 cm³/mol. The summed E-state index contributed by atoms with van der Waals surface area (Å²) in [5, 5.41) is 0. The number of hydrogen-bond donors (Lipinski definition) is 1. The van der Waals surface area contributed by atoms with Crippen LogP contribution in [0.15, 0.2) is 53.4 Å². The van der Waals surface area contributed by atoms with Gasteiger partial charge in [-0.05, 0) is 75.5 Å². The number of imidazole rings is 1. The second kappa shape index (κ2) is 8.37. The van der Waals surface area contributed by atoms with Crippen molar-refractivity contribution >= 4 is 21.1 Å². The van der Waals surface area contributed by atoms with Crippen molar-refractivity contribution in [1.29, 1.82) is 0 Å². The van der Waals surface area contributed by atoms with Crippen LogP contribution in [0.4, 0.5) is 0 Å².